The van der Waals surface area contributed by atoms with Gasteiger partial charge in [0.1, 0.15) is 0 Å². The molecule has 4 nitrogen and oxygen atoms in total. The molecule has 0 radical (unpaired) electrons. The van der Waals surface area contributed by atoms with Crippen molar-refractivity contribution < 1.29 is 13.2 Å². The lowest BCUT2D eigenvalue weighted by Crippen LogP contribution is -2.40. The molecule has 0 atom stereocenters. The molecule has 0 aliphatic heterocycles. The number of nitrogens with one attached hydrogen (secondary N) is 1. The minimum atomic E-state index is -4.15. The summed E-state index contributed by atoms with van der Waals surface area (Å²) in [4.78, 5) is 4.77. The Bertz CT molecular complexity index is 195. The van der Waals surface area contributed by atoms with Crippen molar-refractivity contribution in [2.75, 3.05) is 33.7 Å². The van der Waals surface area contributed by atoms with E-state index in [1.165, 1.54) is 14.1 Å². The average molecular weight is 340 g/mol. The van der Waals surface area contributed by atoms with Crippen LogP contribution in [0.1, 0.15) is 0 Å². The summed E-state index contributed by atoms with van der Waals surface area (Å²) in [5, 5.41) is 2.67. The lowest BCUT2D eigenvalue weighted by atomic mass is 10.5. The van der Waals surface area contributed by atoms with Crippen LogP contribution in [0, 0.1) is 0 Å². The first kappa shape index (κ1) is 17.2. The Hall–Kier alpha value is -0.250. The first-order valence-electron chi connectivity index (χ1n) is 4.06. The fraction of sp³-hybridized carbons (Fsp3) is 0.857. The Balaban J connectivity index is 0. The van der Waals surface area contributed by atoms with E-state index in [-0.39, 0.29) is 36.5 Å². The highest BCUT2D eigenvalue weighted by Crippen LogP contribution is 2.14. The number of guanidine groups is 1. The van der Waals surface area contributed by atoms with Crippen LogP contribution in [-0.4, -0.2) is 50.8 Å². The molecule has 0 aliphatic carbocycles. The Kier molecular flexibility index (Phi) is 9.11. The SMILES string of the molecule is CN=C(N)NCCN(C)CC(F)(F)F.I. The standard InChI is InChI=1S/C7H15F3N4.HI/c1-12-6(11)13-3-4-14(2)5-7(8,9)10;/h3-5H2,1-2H3,(H3,11,12,13);1H. The fourth-order valence-corrected chi connectivity index (χ4v) is 0.839. The summed E-state index contributed by atoms with van der Waals surface area (Å²) >= 11 is 0. The highest BCUT2D eigenvalue weighted by Gasteiger charge is 2.28. The summed E-state index contributed by atoms with van der Waals surface area (Å²) in [7, 11) is 2.90. The Morgan fingerprint density at radius 3 is 2.40 bits per heavy atom. The van der Waals surface area contributed by atoms with Gasteiger partial charge in [-0.1, -0.05) is 0 Å². The van der Waals surface area contributed by atoms with Crippen LogP contribution in [0.2, 0.25) is 0 Å². The van der Waals surface area contributed by atoms with Crippen molar-refractivity contribution in [2.45, 2.75) is 6.18 Å². The molecule has 8 heteroatoms. The smallest absolute Gasteiger partial charge is 0.370 e. The zero-order chi connectivity index (χ0) is 11.2. The number of halogens is 4. The molecule has 0 unspecified atom stereocenters. The number of nitrogens with zero attached hydrogens (tertiary/aromatic N) is 2. The lowest BCUT2D eigenvalue weighted by Gasteiger charge is -2.18. The second-order valence-electron chi connectivity index (χ2n) is 2.89. The van der Waals surface area contributed by atoms with E-state index in [9.17, 15) is 13.2 Å². The molecule has 0 rings (SSSR count). The van der Waals surface area contributed by atoms with E-state index in [4.69, 9.17) is 5.73 Å². The first-order chi connectivity index (χ1) is 6.35. The van der Waals surface area contributed by atoms with Crippen molar-refractivity contribution in [1.29, 1.82) is 0 Å². The van der Waals surface area contributed by atoms with E-state index in [1.54, 1.807) is 0 Å². The zero-order valence-corrected chi connectivity index (χ0v) is 11.0. The van der Waals surface area contributed by atoms with Crippen LogP contribution in [0.25, 0.3) is 0 Å². The molecule has 0 aromatic heterocycles. The number of likely N-dealkylation sites (N-methyl/N-ethyl adjacent to an activating group) is 1. The molecule has 0 saturated heterocycles. The minimum absolute atomic E-state index is 0. The van der Waals surface area contributed by atoms with Gasteiger partial charge in [0, 0.05) is 20.1 Å². The maximum atomic E-state index is 11.8. The quantitative estimate of drug-likeness (QED) is 0.449. The van der Waals surface area contributed by atoms with Crippen molar-refractivity contribution >= 4 is 29.9 Å². The van der Waals surface area contributed by atoms with Crippen molar-refractivity contribution in [3.05, 3.63) is 0 Å². The lowest BCUT2D eigenvalue weighted by molar-refractivity contribution is -0.142. The van der Waals surface area contributed by atoms with Gasteiger partial charge >= 0.3 is 6.18 Å². The topological polar surface area (TPSA) is 53.6 Å². The van der Waals surface area contributed by atoms with Crippen LogP contribution in [-0.2, 0) is 0 Å². The normalized spacial score (nSPS) is 12.5. The van der Waals surface area contributed by atoms with Crippen molar-refractivity contribution in [2.24, 2.45) is 10.7 Å². The molecule has 0 aromatic carbocycles. The first-order valence-corrected chi connectivity index (χ1v) is 4.06. The van der Waals surface area contributed by atoms with E-state index in [0.717, 1.165) is 4.90 Å². The molecule has 0 saturated carbocycles. The maximum absolute atomic E-state index is 11.8. The van der Waals surface area contributed by atoms with Crippen molar-refractivity contribution in [3.63, 3.8) is 0 Å². The molecular formula is C7H16F3IN4. The Morgan fingerprint density at radius 2 is 2.00 bits per heavy atom. The van der Waals surface area contributed by atoms with Crippen LogP contribution in [0.15, 0.2) is 4.99 Å². The summed E-state index contributed by atoms with van der Waals surface area (Å²) in [6.45, 7) is -0.316. The second-order valence-corrected chi connectivity index (χ2v) is 2.89. The molecule has 0 heterocycles. The van der Waals surface area contributed by atoms with Gasteiger partial charge in [0.15, 0.2) is 5.96 Å². The molecular weight excluding hydrogens is 324 g/mol. The van der Waals surface area contributed by atoms with Gasteiger partial charge in [0.2, 0.25) is 0 Å². The molecule has 0 aliphatic rings. The maximum Gasteiger partial charge on any atom is 0.401 e. The summed E-state index contributed by atoms with van der Waals surface area (Å²) in [6, 6.07) is 0. The Morgan fingerprint density at radius 1 is 1.47 bits per heavy atom. The van der Waals surface area contributed by atoms with E-state index < -0.39 is 12.7 Å². The van der Waals surface area contributed by atoms with Gasteiger partial charge in [-0.05, 0) is 7.05 Å². The molecule has 0 fully saturated rings. The van der Waals surface area contributed by atoms with E-state index in [1.807, 2.05) is 0 Å². The minimum Gasteiger partial charge on any atom is -0.370 e. The molecule has 0 aromatic rings. The van der Waals surface area contributed by atoms with Gasteiger partial charge in [-0.3, -0.25) is 9.89 Å². The highest BCUT2D eigenvalue weighted by molar-refractivity contribution is 14.0. The third-order valence-corrected chi connectivity index (χ3v) is 1.49. The fourth-order valence-electron chi connectivity index (χ4n) is 0.839. The number of rotatable bonds is 4. The Labute approximate surface area is 104 Å². The predicted octanol–water partition coefficient (Wildman–Crippen LogP) is 0.633. The summed E-state index contributed by atoms with van der Waals surface area (Å²) in [6.07, 6.45) is -4.15. The summed E-state index contributed by atoms with van der Waals surface area (Å²) < 4.78 is 35.5. The third-order valence-electron chi connectivity index (χ3n) is 1.49. The number of alkyl halides is 3. The van der Waals surface area contributed by atoms with Crippen LogP contribution in [0.5, 0.6) is 0 Å². The van der Waals surface area contributed by atoms with Gasteiger partial charge in [-0.25, -0.2) is 0 Å². The van der Waals surface area contributed by atoms with E-state index in [0.29, 0.717) is 6.54 Å². The zero-order valence-electron chi connectivity index (χ0n) is 8.64. The van der Waals surface area contributed by atoms with Crippen LogP contribution >= 0.6 is 24.0 Å². The molecule has 0 spiro atoms. The summed E-state index contributed by atoms with van der Waals surface area (Å²) in [5.74, 6) is 0.227. The van der Waals surface area contributed by atoms with Gasteiger partial charge in [0.25, 0.3) is 0 Å². The molecule has 0 amide bonds. The number of nitrogens with two attached hydrogens (primary N) is 1. The number of hydrogen-bond donors (Lipinski definition) is 2. The number of aliphatic imine (C=N–C) groups is 1. The average Bonchev–Trinajstić information content (AvgIpc) is 2.00. The van der Waals surface area contributed by atoms with Gasteiger partial charge in [0.05, 0.1) is 6.54 Å². The van der Waals surface area contributed by atoms with Crippen molar-refractivity contribution in [1.82, 2.24) is 10.2 Å². The van der Waals surface area contributed by atoms with E-state index in [2.05, 4.69) is 10.3 Å². The van der Waals surface area contributed by atoms with E-state index >= 15 is 0 Å². The molecule has 15 heavy (non-hydrogen) atoms. The van der Waals surface area contributed by atoms with Crippen LogP contribution < -0.4 is 11.1 Å². The summed E-state index contributed by atoms with van der Waals surface area (Å²) in [5.41, 5.74) is 5.28. The van der Waals surface area contributed by atoms with Crippen LogP contribution in [0.3, 0.4) is 0 Å². The largest absolute Gasteiger partial charge is 0.401 e. The molecule has 92 valence electrons. The van der Waals surface area contributed by atoms with Crippen molar-refractivity contribution in [3.8, 4) is 0 Å². The third kappa shape index (κ3) is 11.7. The van der Waals surface area contributed by atoms with Gasteiger partial charge in [-0.2, -0.15) is 13.2 Å². The predicted molar refractivity (Wildman–Crippen MR) is 64.5 cm³/mol. The second kappa shape index (κ2) is 7.97. The number of hydrogen-bond acceptors (Lipinski definition) is 2. The van der Waals surface area contributed by atoms with Gasteiger partial charge in [-0.15, -0.1) is 24.0 Å². The molecule has 0 bridgehead atoms. The monoisotopic (exact) mass is 340 g/mol. The van der Waals surface area contributed by atoms with Gasteiger partial charge < -0.3 is 11.1 Å². The molecule has 3 N–H and O–H groups in total. The van der Waals surface area contributed by atoms with Crippen LogP contribution in [0.4, 0.5) is 13.2 Å². The highest BCUT2D eigenvalue weighted by atomic mass is 127.